The molecule has 31 heavy (non-hydrogen) atoms. The molecule has 0 spiro atoms. The lowest BCUT2D eigenvalue weighted by atomic mass is 10.00. The van der Waals surface area contributed by atoms with E-state index < -0.39 is 0 Å². The maximum atomic E-state index is 14.5. The van der Waals surface area contributed by atoms with Gasteiger partial charge in [-0.25, -0.2) is 23.7 Å². The quantitative estimate of drug-likeness (QED) is 0.507. The molecule has 0 fully saturated rings. The predicted octanol–water partition coefficient (Wildman–Crippen LogP) is 3.18. The highest BCUT2D eigenvalue weighted by atomic mass is 35.5. The van der Waals surface area contributed by atoms with Crippen LogP contribution in [0.1, 0.15) is 18.1 Å². The lowest BCUT2D eigenvalue weighted by Gasteiger charge is -2.19. The standard InChI is InChI=1S/C21H19ClFN7O/c1-2-29-20(31)16-11-26-21(28-19(16)30(29)18-4-3-13(22)9-25-18)27-14-7-12-5-6-24-10-15(12)17(23)8-14/h3-4,7-9,11,24H,2,5-6,10H2,1H3,(H,26,27,28). The van der Waals surface area contributed by atoms with Gasteiger partial charge in [-0.05, 0) is 49.7 Å². The van der Waals surface area contributed by atoms with Crippen LogP contribution in [0.25, 0.3) is 16.9 Å². The Hall–Kier alpha value is -3.30. The molecule has 8 nitrogen and oxygen atoms in total. The average Bonchev–Trinajstić information content (AvgIpc) is 3.05. The van der Waals surface area contributed by atoms with E-state index in [4.69, 9.17) is 11.6 Å². The first-order valence-corrected chi connectivity index (χ1v) is 10.3. The van der Waals surface area contributed by atoms with Gasteiger partial charge in [0.05, 0.1) is 5.02 Å². The Morgan fingerprint density at radius 1 is 1.26 bits per heavy atom. The van der Waals surface area contributed by atoms with Crippen LogP contribution in [0.15, 0.2) is 41.5 Å². The van der Waals surface area contributed by atoms with Crippen molar-refractivity contribution in [2.24, 2.45) is 0 Å². The topological polar surface area (TPSA) is 89.7 Å². The Morgan fingerprint density at radius 2 is 2.13 bits per heavy atom. The number of aromatic nitrogens is 5. The van der Waals surface area contributed by atoms with Gasteiger partial charge in [0.2, 0.25) is 5.95 Å². The van der Waals surface area contributed by atoms with Gasteiger partial charge in [0.15, 0.2) is 11.5 Å². The molecule has 1 aliphatic heterocycles. The molecule has 0 saturated heterocycles. The normalized spacial score (nSPS) is 13.4. The molecule has 3 aromatic heterocycles. The summed E-state index contributed by atoms with van der Waals surface area (Å²) in [6.45, 7) is 3.62. The van der Waals surface area contributed by atoms with Gasteiger partial charge in [0.1, 0.15) is 11.2 Å². The van der Waals surface area contributed by atoms with Gasteiger partial charge in [-0.1, -0.05) is 11.6 Å². The number of benzene rings is 1. The highest BCUT2D eigenvalue weighted by molar-refractivity contribution is 6.30. The zero-order valence-corrected chi connectivity index (χ0v) is 17.4. The Labute approximate surface area is 181 Å². The highest BCUT2D eigenvalue weighted by Gasteiger charge is 2.18. The summed E-state index contributed by atoms with van der Waals surface area (Å²) in [5.74, 6) is 0.500. The molecule has 4 heterocycles. The van der Waals surface area contributed by atoms with Crippen molar-refractivity contribution in [2.75, 3.05) is 11.9 Å². The van der Waals surface area contributed by atoms with Crippen LogP contribution in [0, 0.1) is 5.82 Å². The van der Waals surface area contributed by atoms with E-state index >= 15 is 0 Å². The largest absolute Gasteiger partial charge is 0.324 e. The van der Waals surface area contributed by atoms with E-state index in [0.29, 0.717) is 46.2 Å². The van der Waals surface area contributed by atoms with Crippen molar-refractivity contribution in [2.45, 2.75) is 26.4 Å². The smallest absolute Gasteiger partial charge is 0.278 e. The van der Waals surface area contributed by atoms with Crippen LogP contribution in [0.2, 0.25) is 5.02 Å². The number of pyridine rings is 1. The molecule has 0 aliphatic carbocycles. The van der Waals surface area contributed by atoms with Crippen molar-refractivity contribution in [3.8, 4) is 5.82 Å². The molecule has 5 rings (SSSR count). The number of hydrogen-bond donors (Lipinski definition) is 2. The van der Waals surface area contributed by atoms with Crippen molar-refractivity contribution in [3.63, 3.8) is 0 Å². The maximum Gasteiger partial charge on any atom is 0.278 e. The van der Waals surface area contributed by atoms with Crippen molar-refractivity contribution in [1.29, 1.82) is 0 Å². The molecular formula is C21H19ClFN7O. The zero-order chi connectivity index (χ0) is 21.5. The van der Waals surface area contributed by atoms with Crippen molar-refractivity contribution in [1.82, 2.24) is 29.6 Å². The molecule has 4 aromatic rings. The van der Waals surface area contributed by atoms with E-state index in [1.807, 2.05) is 13.0 Å². The number of rotatable bonds is 4. The molecule has 0 amide bonds. The second kappa shape index (κ2) is 7.75. The Morgan fingerprint density at radius 3 is 2.90 bits per heavy atom. The Kier molecular flexibility index (Phi) is 4.91. The van der Waals surface area contributed by atoms with E-state index in [1.165, 1.54) is 23.1 Å². The molecule has 2 N–H and O–H groups in total. The Balaban J connectivity index is 1.60. The molecule has 1 aromatic carbocycles. The summed E-state index contributed by atoms with van der Waals surface area (Å²) >= 11 is 5.96. The minimum absolute atomic E-state index is 0.215. The van der Waals surface area contributed by atoms with E-state index in [-0.39, 0.29) is 17.3 Å². The molecule has 158 valence electrons. The minimum atomic E-state index is -0.271. The first kappa shape index (κ1) is 19.7. The summed E-state index contributed by atoms with van der Waals surface area (Å²) < 4.78 is 17.7. The van der Waals surface area contributed by atoms with E-state index in [2.05, 4.69) is 25.6 Å². The number of fused-ring (bicyclic) bond motifs is 2. The molecular weight excluding hydrogens is 421 g/mol. The van der Waals surface area contributed by atoms with Crippen LogP contribution in [0.3, 0.4) is 0 Å². The lowest BCUT2D eigenvalue weighted by molar-refractivity contribution is 0.564. The molecule has 0 unspecified atom stereocenters. The maximum absolute atomic E-state index is 14.5. The van der Waals surface area contributed by atoms with Gasteiger partial charge < -0.3 is 10.6 Å². The third-order valence-corrected chi connectivity index (χ3v) is 5.54. The van der Waals surface area contributed by atoms with E-state index in [0.717, 1.165) is 18.5 Å². The van der Waals surface area contributed by atoms with Crippen molar-refractivity contribution < 1.29 is 4.39 Å². The van der Waals surface area contributed by atoms with Crippen LogP contribution in [-0.4, -0.2) is 30.9 Å². The second-order valence-corrected chi connectivity index (χ2v) is 7.68. The number of anilines is 2. The number of nitrogens with zero attached hydrogens (tertiary/aromatic N) is 5. The van der Waals surface area contributed by atoms with E-state index in [9.17, 15) is 9.18 Å². The molecule has 0 atom stereocenters. The third-order valence-electron chi connectivity index (χ3n) is 5.32. The molecule has 1 aliphatic rings. The fourth-order valence-electron chi connectivity index (χ4n) is 3.85. The zero-order valence-electron chi connectivity index (χ0n) is 16.7. The fourth-order valence-corrected chi connectivity index (χ4v) is 3.96. The highest BCUT2D eigenvalue weighted by Crippen LogP contribution is 2.25. The summed E-state index contributed by atoms with van der Waals surface area (Å²) in [7, 11) is 0. The van der Waals surface area contributed by atoms with E-state index in [1.54, 1.807) is 16.8 Å². The van der Waals surface area contributed by atoms with Gasteiger partial charge in [-0.3, -0.25) is 4.79 Å². The fraction of sp³-hybridized carbons (Fsp3) is 0.238. The molecule has 0 saturated carbocycles. The summed E-state index contributed by atoms with van der Waals surface area (Å²) in [6, 6.07) is 6.77. The summed E-state index contributed by atoms with van der Waals surface area (Å²) in [5.41, 5.74) is 2.40. The molecule has 0 radical (unpaired) electrons. The number of hydrogen-bond acceptors (Lipinski definition) is 6. The van der Waals surface area contributed by atoms with Gasteiger partial charge in [-0.15, -0.1) is 0 Å². The van der Waals surface area contributed by atoms with Crippen molar-refractivity contribution >= 4 is 34.3 Å². The lowest BCUT2D eigenvalue weighted by Crippen LogP contribution is -2.24. The Bertz CT molecular complexity index is 1350. The summed E-state index contributed by atoms with van der Waals surface area (Å²) in [6.07, 6.45) is 3.74. The third kappa shape index (κ3) is 3.45. The van der Waals surface area contributed by atoms with Gasteiger partial charge in [-0.2, -0.15) is 4.98 Å². The van der Waals surface area contributed by atoms with Gasteiger partial charge in [0.25, 0.3) is 5.56 Å². The van der Waals surface area contributed by atoms with Crippen LogP contribution in [0.5, 0.6) is 0 Å². The average molecular weight is 440 g/mol. The second-order valence-electron chi connectivity index (χ2n) is 7.25. The predicted molar refractivity (Wildman–Crippen MR) is 117 cm³/mol. The first-order chi connectivity index (χ1) is 15.0. The van der Waals surface area contributed by atoms with Crippen LogP contribution >= 0.6 is 11.6 Å². The summed E-state index contributed by atoms with van der Waals surface area (Å²) in [5, 5.41) is 7.11. The number of nitrogens with one attached hydrogen (secondary N) is 2. The minimum Gasteiger partial charge on any atom is -0.324 e. The SMILES string of the molecule is CCn1c(=O)c2cnc(Nc3cc(F)c4c(c3)CCNC4)nc2n1-c1ccc(Cl)cn1. The number of halogens is 2. The van der Waals surface area contributed by atoms with Crippen LogP contribution < -0.4 is 16.2 Å². The van der Waals surface area contributed by atoms with Crippen LogP contribution in [0.4, 0.5) is 16.0 Å². The first-order valence-electron chi connectivity index (χ1n) is 9.94. The van der Waals surface area contributed by atoms with Gasteiger partial charge >= 0.3 is 0 Å². The van der Waals surface area contributed by atoms with Gasteiger partial charge in [0, 0.05) is 36.7 Å². The molecule has 0 bridgehead atoms. The summed E-state index contributed by atoms with van der Waals surface area (Å²) in [4.78, 5) is 26.0. The molecule has 10 heteroatoms. The van der Waals surface area contributed by atoms with Crippen LogP contribution in [-0.2, 0) is 19.5 Å². The monoisotopic (exact) mass is 439 g/mol. The van der Waals surface area contributed by atoms with Crippen molar-refractivity contribution in [3.05, 3.63) is 69.0 Å².